The summed E-state index contributed by atoms with van der Waals surface area (Å²) in [6.45, 7) is 11.3. The summed E-state index contributed by atoms with van der Waals surface area (Å²) < 4.78 is 5.42. The number of rotatable bonds is 11. The van der Waals surface area contributed by atoms with Crippen LogP contribution in [-0.2, 0) is 9.53 Å². The van der Waals surface area contributed by atoms with Crippen molar-refractivity contribution >= 4 is 5.91 Å². The van der Waals surface area contributed by atoms with E-state index in [0.29, 0.717) is 43.9 Å². The molecule has 0 aliphatic rings. The average Bonchev–Trinajstić information content (AvgIpc) is 2.33. The molecule has 19 heavy (non-hydrogen) atoms. The van der Waals surface area contributed by atoms with Crippen LogP contribution in [0.2, 0.25) is 0 Å². The Morgan fingerprint density at radius 2 is 1.89 bits per heavy atom. The first-order valence-electron chi connectivity index (χ1n) is 7.51. The second kappa shape index (κ2) is 11.2. The van der Waals surface area contributed by atoms with Gasteiger partial charge in [0, 0.05) is 19.6 Å². The highest BCUT2D eigenvalue weighted by atomic mass is 16.5. The summed E-state index contributed by atoms with van der Waals surface area (Å²) in [7, 11) is 0. The van der Waals surface area contributed by atoms with Gasteiger partial charge in [-0.1, -0.05) is 27.7 Å². The number of nitrogens with two attached hydrogens (primary N) is 1. The molecule has 0 aliphatic heterocycles. The lowest BCUT2D eigenvalue weighted by molar-refractivity contribution is -0.121. The van der Waals surface area contributed by atoms with E-state index < -0.39 is 0 Å². The van der Waals surface area contributed by atoms with Gasteiger partial charge in [-0.05, 0) is 37.1 Å². The largest absolute Gasteiger partial charge is 0.379 e. The lowest BCUT2D eigenvalue weighted by Gasteiger charge is -2.19. The number of hydrogen-bond donors (Lipinski definition) is 2. The summed E-state index contributed by atoms with van der Waals surface area (Å²) in [4.78, 5) is 11.7. The van der Waals surface area contributed by atoms with Gasteiger partial charge in [-0.15, -0.1) is 0 Å². The monoisotopic (exact) mass is 272 g/mol. The third-order valence-corrected chi connectivity index (χ3v) is 3.24. The van der Waals surface area contributed by atoms with Gasteiger partial charge in [0.2, 0.25) is 5.91 Å². The van der Waals surface area contributed by atoms with E-state index >= 15 is 0 Å². The van der Waals surface area contributed by atoms with Gasteiger partial charge < -0.3 is 15.8 Å². The molecular formula is C15H32N2O2. The van der Waals surface area contributed by atoms with Crippen LogP contribution in [0, 0.1) is 17.8 Å². The SMILES string of the molecule is CC(C)COCCNC(=O)CCC(CCN)C(C)C. The number of hydrogen-bond acceptors (Lipinski definition) is 3. The molecule has 4 nitrogen and oxygen atoms in total. The summed E-state index contributed by atoms with van der Waals surface area (Å²) in [6, 6.07) is 0. The normalized spacial score (nSPS) is 13.0. The molecule has 1 amide bonds. The summed E-state index contributed by atoms with van der Waals surface area (Å²) >= 11 is 0. The molecule has 0 spiro atoms. The van der Waals surface area contributed by atoms with Crippen LogP contribution in [0.15, 0.2) is 0 Å². The first-order chi connectivity index (χ1) is 8.97. The van der Waals surface area contributed by atoms with E-state index in [1.54, 1.807) is 0 Å². The van der Waals surface area contributed by atoms with Gasteiger partial charge in [-0.2, -0.15) is 0 Å². The molecule has 0 aromatic rings. The minimum Gasteiger partial charge on any atom is -0.379 e. The standard InChI is InChI=1S/C15H32N2O2/c1-12(2)11-19-10-9-17-15(18)6-5-14(7-8-16)13(3)4/h12-14H,5-11,16H2,1-4H3,(H,17,18). The lowest BCUT2D eigenvalue weighted by atomic mass is 9.88. The first kappa shape index (κ1) is 18.4. The zero-order chi connectivity index (χ0) is 14.7. The summed E-state index contributed by atoms with van der Waals surface area (Å²) in [5.74, 6) is 1.80. The van der Waals surface area contributed by atoms with Crippen molar-refractivity contribution in [3.05, 3.63) is 0 Å². The van der Waals surface area contributed by atoms with Gasteiger partial charge in [-0.3, -0.25) is 4.79 Å². The van der Waals surface area contributed by atoms with Gasteiger partial charge >= 0.3 is 0 Å². The Kier molecular flexibility index (Phi) is 10.9. The molecule has 4 heteroatoms. The summed E-state index contributed by atoms with van der Waals surface area (Å²) in [5.41, 5.74) is 5.59. The molecule has 0 aliphatic carbocycles. The number of carbonyl (C=O) groups is 1. The van der Waals surface area contributed by atoms with Gasteiger partial charge in [0.15, 0.2) is 0 Å². The number of nitrogens with one attached hydrogen (secondary N) is 1. The van der Waals surface area contributed by atoms with Crippen molar-refractivity contribution in [1.29, 1.82) is 0 Å². The maximum Gasteiger partial charge on any atom is 0.220 e. The van der Waals surface area contributed by atoms with E-state index in [4.69, 9.17) is 10.5 Å². The fraction of sp³-hybridized carbons (Fsp3) is 0.933. The van der Waals surface area contributed by atoms with E-state index in [-0.39, 0.29) is 5.91 Å². The van der Waals surface area contributed by atoms with Gasteiger partial charge in [0.05, 0.1) is 6.61 Å². The van der Waals surface area contributed by atoms with Crippen LogP contribution in [-0.4, -0.2) is 32.2 Å². The van der Waals surface area contributed by atoms with Crippen LogP contribution in [0.3, 0.4) is 0 Å². The number of carbonyl (C=O) groups excluding carboxylic acids is 1. The second-order valence-corrected chi connectivity index (χ2v) is 5.94. The molecule has 1 atom stereocenters. The highest BCUT2D eigenvalue weighted by Crippen LogP contribution is 2.20. The molecule has 0 saturated carbocycles. The van der Waals surface area contributed by atoms with Gasteiger partial charge in [0.25, 0.3) is 0 Å². The van der Waals surface area contributed by atoms with Gasteiger partial charge in [0.1, 0.15) is 0 Å². The fourth-order valence-corrected chi connectivity index (χ4v) is 2.01. The van der Waals surface area contributed by atoms with Crippen molar-refractivity contribution in [3.63, 3.8) is 0 Å². The fourth-order valence-electron chi connectivity index (χ4n) is 2.01. The molecule has 1 unspecified atom stereocenters. The third kappa shape index (κ3) is 11.0. The molecule has 3 N–H and O–H groups in total. The van der Waals surface area contributed by atoms with Crippen LogP contribution in [0.5, 0.6) is 0 Å². The summed E-state index contributed by atoms with van der Waals surface area (Å²) in [6.07, 6.45) is 2.52. The molecule has 0 saturated heterocycles. The van der Waals surface area contributed by atoms with Crippen molar-refractivity contribution in [2.45, 2.75) is 47.0 Å². The molecule has 0 fully saturated rings. The third-order valence-electron chi connectivity index (χ3n) is 3.24. The van der Waals surface area contributed by atoms with Gasteiger partial charge in [-0.25, -0.2) is 0 Å². The Labute approximate surface area is 118 Å². The van der Waals surface area contributed by atoms with E-state index in [9.17, 15) is 4.79 Å². The minimum absolute atomic E-state index is 0.121. The zero-order valence-electron chi connectivity index (χ0n) is 13.1. The van der Waals surface area contributed by atoms with Crippen LogP contribution in [0.25, 0.3) is 0 Å². The van der Waals surface area contributed by atoms with Crippen molar-refractivity contribution in [3.8, 4) is 0 Å². The highest BCUT2D eigenvalue weighted by Gasteiger charge is 2.14. The Morgan fingerprint density at radius 3 is 2.42 bits per heavy atom. The Hall–Kier alpha value is -0.610. The minimum atomic E-state index is 0.121. The predicted molar refractivity (Wildman–Crippen MR) is 79.9 cm³/mol. The van der Waals surface area contributed by atoms with Crippen LogP contribution >= 0.6 is 0 Å². The molecule has 0 aromatic heterocycles. The zero-order valence-corrected chi connectivity index (χ0v) is 13.1. The van der Waals surface area contributed by atoms with Crippen molar-refractivity contribution < 1.29 is 9.53 Å². The van der Waals surface area contributed by atoms with Crippen molar-refractivity contribution in [2.24, 2.45) is 23.5 Å². The summed E-state index contributed by atoms with van der Waals surface area (Å²) in [5, 5.41) is 2.90. The van der Waals surface area contributed by atoms with E-state index in [2.05, 4.69) is 33.0 Å². The number of amides is 1. The molecular weight excluding hydrogens is 240 g/mol. The molecule has 0 rings (SSSR count). The Bertz CT molecular complexity index is 230. The topological polar surface area (TPSA) is 64.3 Å². The smallest absolute Gasteiger partial charge is 0.220 e. The van der Waals surface area contributed by atoms with Crippen molar-refractivity contribution in [1.82, 2.24) is 5.32 Å². The maximum absolute atomic E-state index is 11.7. The molecule has 0 aromatic carbocycles. The maximum atomic E-state index is 11.7. The average molecular weight is 272 g/mol. The van der Waals surface area contributed by atoms with Crippen LogP contribution in [0.1, 0.15) is 47.0 Å². The van der Waals surface area contributed by atoms with E-state index in [1.807, 2.05) is 0 Å². The van der Waals surface area contributed by atoms with E-state index in [1.165, 1.54) is 0 Å². The second-order valence-electron chi connectivity index (χ2n) is 5.94. The highest BCUT2D eigenvalue weighted by molar-refractivity contribution is 5.75. The first-order valence-corrected chi connectivity index (χ1v) is 7.51. The predicted octanol–water partition coefficient (Wildman–Crippen LogP) is 2.18. The van der Waals surface area contributed by atoms with E-state index in [0.717, 1.165) is 19.4 Å². The number of ether oxygens (including phenoxy) is 1. The van der Waals surface area contributed by atoms with Crippen molar-refractivity contribution in [2.75, 3.05) is 26.3 Å². The van der Waals surface area contributed by atoms with Crippen LogP contribution in [0.4, 0.5) is 0 Å². The molecule has 0 heterocycles. The quantitative estimate of drug-likeness (QED) is 0.567. The molecule has 114 valence electrons. The Morgan fingerprint density at radius 1 is 1.21 bits per heavy atom. The lowest BCUT2D eigenvalue weighted by Crippen LogP contribution is -2.28. The van der Waals surface area contributed by atoms with Crippen LogP contribution < -0.4 is 11.1 Å². The molecule has 0 bridgehead atoms. The molecule has 0 radical (unpaired) electrons. The Balaban J connectivity index is 3.62.